The van der Waals surface area contributed by atoms with E-state index in [1.165, 1.54) is 32.4 Å². The van der Waals surface area contributed by atoms with Crippen molar-refractivity contribution in [1.82, 2.24) is 14.4 Å². The van der Waals surface area contributed by atoms with Crippen LogP contribution in [0.15, 0.2) is 42.6 Å². The average Bonchev–Trinajstić information content (AvgIpc) is 3.31. The third-order valence-electron chi connectivity index (χ3n) is 7.16. The van der Waals surface area contributed by atoms with Crippen molar-refractivity contribution < 1.29 is 9.59 Å². The van der Waals surface area contributed by atoms with Crippen LogP contribution in [0, 0.1) is 0 Å². The molecule has 4 heterocycles. The minimum atomic E-state index is 0.0245. The van der Waals surface area contributed by atoms with Gasteiger partial charge >= 0.3 is 0 Å². The lowest BCUT2D eigenvalue weighted by Gasteiger charge is -2.40. The first-order valence-electron chi connectivity index (χ1n) is 11.8. The second-order valence-corrected chi connectivity index (χ2v) is 9.05. The zero-order valence-electron chi connectivity index (χ0n) is 18.2. The molecule has 0 aliphatic carbocycles. The molecule has 6 nitrogen and oxygen atoms in total. The number of para-hydroxylation sites is 2. The molecule has 3 aliphatic heterocycles. The van der Waals surface area contributed by atoms with Gasteiger partial charge in [0.15, 0.2) is 0 Å². The molecule has 6 heteroatoms. The number of nitrogens with zero attached hydrogens (tertiary/aromatic N) is 4. The fourth-order valence-electron chi connectivity index (χ4n) is 5.42. The summed E-state index contributed by atoms with van der Waals surface area (Å²) in [6.45, 7) is 4.64. The van der Waals surface area contributed by atoms with Gasteiger partial charge in [-0.1, -0.05) is 18.6 Å². The predicted octanol–water partition coefficient (Wildman–Crippen LogP) is 3.58. The zero-order valence-corrected chi connectivity index (χ0v) is 18.2. The van der Waals surface area contributed by atoms with Crippen LogP contribution in [0.5, 0.6) is 0 Å². The van der Waals surface area contributed by atoms with E-state index in [0.29, 0.717) is 19.0 Å². The summed E-state index contributed by atoms with van der Waals surface area (Å²) in [6, 6.07) is 12.7. The molecule has 31 heavy (non-hydrogen) atoms. The number of piperidine rings is 2. The van der Waals surface area contributed by atoms with Gasteiger partial charge in [0.05, 0.1) is 17.9 Å². The standard InChI is InChI=1S/C25H32N4O2/c30-24(27-17-12-20(13-18-27)26-14-4-1-5-15-26)10-11-25(31)29-19-21-7-6-16-28(21)22-8-2-3-9-23(22)29/h2-3,6-9,16,20H,1,4-5,10-15,17-19H2. The summed E-state index contributed by atoms with van der Waals surface area (Å²) in [5.41, 5.74) is 3.04. The zero-order chi connectivity index (χ0) is 21.2. The molecule has 0 unspecified atom stereocenters. The Morgan fingerprint density at radius 1 is 0.806 bits per heavy atom. The largest absolute Gasteiger partial charge is 0.343 e. The van der Waals surface area contributed by atoms with Gasteiger partial charge in [-0.05, 0) is 63.0 Å². The van der Waals surface area contributed by atoms with Crippen LogP contribution in [0.2, 0.25) is 0 Å². The van der Waals surface area contributed by atoms with Crippen molar-refractivity contribution in [2.24, 2.45) is 0 Å². The highest BCUT2D eigenvalue weighted by atomic mass is 16.2. The number of amides is 2. The number of carbonyl (C=O) groups is 2. The molecule has 0 saturated carbocycles. The third kappa shape index (κ3) is 4.13. The van der Waals surface area contributed by atoms with Crippen molar-refractivity contribution in [2.45, 2.75) is 57.5 Å². The molecule has 1 aromatic carbocycles. The van der Waals surface area contributed by atoms with Crippen LogP contribution in [0.1, 0.15) is 50.6 Å². The fourth-order valence-corrected chi connectivity index (χ4v) is 5.42. The van der Waals surface area contributed by atoms with Crippen LogP contribution < -0.4 is 4.90 Å². The van der Waals surface area contributed by atoms with Crippen LogP contribution in [-0.4, -0.2) is 58.4 Å². The molecule has 0 atom stereocenters. The smallest absolute Gasteiger partial charge is 0.227 e. The Labute approximate surface area is 184 Å². The lowest BCUT2D eigenvalue weighted by molar-refractivity contribution is -0.134. The Bertz CT molecular complexity index is 939. The van der Waals surface area contributed by atoms with Crippen LogP contribution in [-0.2, 0) is 16.1 Å². The number of fused-ring (bicyclic) bond motifs is 3. The Kier molecular flexibility index (Phi) is 5.81. The van der Waals surface area contributed by atoms with Crippen molar-refractivity contribution in [3.63, 3.8) is 0 Å². The van der Waals surface area contributed by atoms with Crippen molar-refractivity contribution in [3.8, 4) is 5.69 Å². The topological polar surface area (TPSA) is 48.8 Å². The highest BCUT2D eigenvalue weighted by molar-refractivity contribution is 5.97. The molecule has 0 N–H and O–H groups in total. The highest BCUT2D eigenvalue weighted by Crippen LogP contribution is 2.32. The van der Waals surface area contributed by atoms with Gasteiger partial charge in [-0.3, -0.25) is 9.59 Å². The van der Waals surface area contributed by atoms with Crippen LogP contribution in [0.4, 0.5) is 5.69 Å². The highest BCUT2D eigenvalue weighted by Gasteiger charge is 2.29. The molecule has 2 fully saturated rings. The van der Waals surface area contributed by atoms with E-state index in [1.54, 1.807) is 0 Å². The number of hydrogen-bond acceptors (Lipinski definition) is 3. The number of benzene rings is 1. The van der Waals surface area contributed by atoms with E-state index >= 15 is 0 Å². The predicted molar refractivity (Wildman–Crippen MR) is 121 cm³/mol. The van der Waals surface area contributed by atoms with E-state index < -0.39 is 0 Å². The van der Waals surface area contributed by atoms with E-state index in [2.05, 4.69) is 9.47 Å². The van der Waals surface area contributed by atoms with Crippen LogP contribution in [0.3, 0.4) is 0 Å². The minimum absolute atomic E-state index is 0.0245. The molecule has 1 aromatic heterocycles. The number of aromatic nitrogens is 1. The van der Waals surface area contributed by atoms with Crippen molar-refractivity contribution in [1.29, 1.82) is 0 Å². The van der Waals surface area contributed by atoms with Crippen molar-refractivity contribution in [2.75, 3.05) is 31.1 Å². The quantitative estimate of drug-likeness (QED) is 0.760. The summed E-state index contributed by atoms with van der Waals surface area (Å²) >= 11 is 0. The van der Waals surface area contributed by atoms with Crippen molar-refractivity contribution in [3.05, 3.63) is 48.3 Å². The van der Waals surface area contributed by atoms with E-state index in [0.717, 1.165) is 43.0 Å². The van der Waals surface area contributed by atoms with Crippen LogP contribution >= 0.6 is 0 Å². The molecule has 3 aliphatic rings. The molecule has 2 aromatic rings. The first-order valence-corrected chi connectivity index (χ1v) is 11.8. The van der Waals surface area contributed by atoms with Gasteiger partial charge < -0.3 is 19.3 Å². The number of likely N-dealkylation sites (tertiary alicyclic amines) is 2. The second kappa shape index (κ2) is 8.87. The molecular formula is C25H32N4O2. The van der Waals surface area contributed by atoms with Gasteiger partial charge in [-0.25, -0.2) is 0 Å². The van der Waals surface area contributed by atoms with E-state index in [9.17, 15) is 9.59 Å². The molecule has 2 saturated heterocycles. The maximum absolute atomic E-state index is 13.1. The maximum atomic E-state index is 13.1. The summed E-state index contributed by atoms with van der Waals surface area (Å²) in [4.78, 5) is 32.3. The van der Waals surface area contributed by atoms with Crippen molar-refractivity contribution >= 4 is 17.5 Å². The van der Waals surface area contributed by atoms with Gasteiger partial charge in [0.1, 0.15) is 0 Å². The lowest BCUT2D eigenvalue weighted by Crippen LogP contribution is -2.48. The Morgan fingerprint density at radius 3 is 2.29 bits per heavy atom. The van der Waals surface area contributed by atoms with E-state index in [4.69, 9.17) is 0 Å². The van der Waals surface area contributed by atoms with Gasteiger partial charge in [-0.2, -0.15) is 0 Å². The third-order valence-corrected chi connectivity index (χ3v) is 7.16. The molecule has 0 spiro atoms. The average molecular weight is 421 g/mol. The molecule has 2 amide bonds. The monoisotopic (exact) mass is 420 g/mol. The molecule has 5 rings (SSSR count). The summed E-state index contributed by atoms with van der Waals surface area (Å²) in [5.74, 6) is 0.149. The maximum Gasteiger partial charge on any atom is 0.227 e. The first kappa shape index (κ1) is 20.3. The normalized spacial score (nSPS) is 19.7. The van der Waals surface area contributed by atoms with Gasteiger partial charge in [-0.15, -0.1) is 0 Å². The lowest BCUT2D eigenvalue weighted by atomic mass is 9.99. The SMILES string of the molecule is O=C(CCC(=O)N1Cc2cccn2-c2ccccc21)N1CCC(N2CCCCC2)CC1. The summed E-state index contributed by atoms with van der Waals surface area (Å²) < 4.78 is 2.14. The number of carbonyl (C=O) groups excluding carboxylic acids is 2. The van der Waals surface area contributed by atoms with E-state index in [-0.39, 0.29) is 18.2 Å². The Hall–Kier alpha value is -2.60. The minimum Gasteiger partial charge on any atom is -0.343 e. The Balaban J connectivity index is 1.16. The number of hydrogen-bond donors (Lipinski definition) is 0. The number of rotatable bonds is 4. The fraction of sp³-hybridized carbons (Fsp3) is 0.520. The second-order valence-electron chi connectivity index (χ2n) is 9.05. The first-order chi connectivity index (χ1) is 15.2. The summed E-state index contributed by atoms with van der Waals surface area (Å²) in [7, 11) is 0. The molecular weight excluding hydrogens is 388 g/mol. The molecule has 0 radical (unpaired) electrons. The van der Waals surface area contributed by atoms with E-state index in [1.807, 2.05) is 52.4 Å². The van der Waals surface area contributed by atoms with Gasteiger partial charge in [0.2, 0.25) is 11.8 Å². The number of anilines is 1. The summed E-state index contributed by atoms with van der Waals surface area (Å²) in [6.07, 6.45) is 8.71. The Morgan fingerprint density at radius 2 is 1.52 bits per heavy atom. The van der Waals surface area contributed by atoms with Gasteiger partial charge in [0.25, 0.3) is 0 Å². The summed E-state index contributed by atoms with van der Waals surface area (Å²) in [5, 5.41) is 0. The van der Waals surface area contributed by atoms with Crippen LogP contribution in [0.25, 0.3) is 5.69 Å². The molecule has 0 bridgehead atoms. The van der Waals surface area contributed by atoms with Gasteiger partial charge in [0, 0.05) is 43.9 Å². The molecule has 164 valence electrons.